The highest BCUT2D eigenvalue weighted by Gasteiger charge is 2.09. The third-order valence-corrected chi connectivity index (χ3v) is 3.72. The Hall–Kier alpha value is -2.99. The Morgan fingerprint density at radius 1 is 1.12 bits per heavy atom. The number of nitrogens with zero attached hydrogens (tertiary/aromatic N) is 2. The second-order valence-corrected chi connectivity index (χ2v) is 5.66. The first-order chi connectivity index (χ1) is 12.0. The van der Waals surface area contributed by atoms with Crippen LogP contribution in [0, 0.1) is 5.82 Å². The fourth-order valence-electron chi connectivity index (χ4n) is 2.24. The number of halogens is 2. The summed E-state index contributed by atoms with van der Waals surface area (Å²) >= 11 is 5.68. The summed E-state index contributed by atoms with van der Waals surface area (Å²) in [7, 11) is 0. The summed E-state index contributed by atoms with van der Waals surface area (Å²) in [6.07, 6.45) is 0. The monoisotopic (exact) mass is 357 g/mol. The summed E-state index contributed by atoms with van der Waals surface area (Å²) in [6, 6.07) is 16.1. The molecule has 0 unspecified atom stereocenters. The van der Waals surface area contributed by atoms with Gasteiger partial charge in [-0.15, -0.1) is 0 Å². The van der Waals surface area contributed by atoms with Crippen molar-refractivity contribution < 1.29 is 9.18 Å². The van der Waals surface area contributed by atoms with Crippen LogP contribution in [0.5, 0.6) is 0 Å². The Morgan fingerprint density at radius 2 is 1.88 bits per heavy atom. The summed E-state index contributed by atoms with van der Waals surface area (Å²) in [6.45, 7) is -0.269. The van der Waals surface area contributed by atoms with Gasteiger partial charge < -0.3 is 5.32 Å². The SMILES string of the molecule is O=C(Cn1nc(-c2ccccc2)ccc1=O)Nc1ccc(F)c(Cl)c1. The molecule has 3 aromatic rings. The van der Waals surface area contributed by atoms with Crippen molar-refractivity contribution in [1.29, 1.82) is 0 Å². The van der Waals surface area contributed by atoms with Crippen molar-refractivity contribution in [2.75, 3.05) is 5.32 Å². The first-order valence-electron chi connectivity index (χ1n) is 7.41. The van der Waals surface area contributed by atoms with Gasteiger partial charge in [0.05, 0.1) is 10.7 Å². The molecule has 126 valence electrons. The van der Waals surface area contributed by atoms with E-state index in [1.165, 1.54) is 18.2 Å². The molecule has 0 radical (unpaired) electrons. The minimum absolute atomic E-state index is 0.0980. The molecule has 0 saturated carbocycles. The zero-order chi connectivity index (χ0) is 17.8. The van der Waals surface area contributed by atoms with Crippen molar-refractivity contribution in [3.8, 4) is 11.3 Å². The lowest BCUT2D eigenvalue weighted by Gasteiger charge is -2.09. The predicted molar refractivity (Wildman–Crippen MR) is 94.0 cm³/mol. The van der Waals surface area contributed by atoms with E-state index in [2.05, 4.69) is 10.4 Å². The molecule has 0 atom stereocenters. The largest absolute Gasteiger partial charge is 0.324 e. The average Bonchev–Trinajstić information content (AvgIpc) is 2.61. The van der Waals surface area contributed by atoms with E-state index in [1.54, 1.807) is 6.07 Å². The first-order valence-corrected chi connectivity index (χ1v) is 7.79. The molecule has 25 heavy (non-hydrogen) atoms. The molecule has 0 aliphatic carbocycles. The molecule has 1 amide bonds. The highest BCUT2D eigenvalue weighted by Crippen LogP contribution is 2.19. The number of anilines is 1. The van der Waals surface area contributed by atoms with Crippen molar-refractivity contribution in [2.45, 2.75) is 6.54 Å². The van der Waals surface area contributed by atoms with Gasteiger partial charge in [0.15, 0.2) is 0 Å². The number of rotatable bonds is 4. The third kappa shape index (κ3) is 4.10. The smallest absolute Gasteiger partial charge is 0.267 e. The van der Waals surface area contributed by atoms with Crippen LogP contribution in [-0.4, -0.2) is 15.7 Å². The number of nitrogens with one attached hydrogen (secondary N) is 1. The maximum absolute atomic E-state index is 13.1. The highest BCUT2D eigenvalue weighted by molar-refractivity contribution is 6.31. The van der Waals surface area contributed by atoms with Gasteiger partial charge in [-0.3, -0.25) is 9.59 Å². The molecule has 0 spiro atoms. The Labute approximate surface area is 147 Å². The van der Waals surface area contributed by atoms with Crippen molar-refractivity contribution in [3.05, 3.63) is 81.9 Å². The van der Waals surface area contributed by atoms with E-state index in [4.69, 9.17) is 11.6 Å². The molecule has 0 aliphatic heterocycles. The molecule has 0 bridgehead atoms. The minimum Gasteiger partial charge on any atom is -0.324 e. The number of aromatic nitrogens is 2. The van der Waals surface area contributed by atoms with Gasteiger partial charge in [-0.1, -0.05) is 41.9 Å². The summed E-state index contributed by atoms with van der Waals surface area (Å²) in [5, 5.41) is 6.67. The summed E-state index contributed by atoms with van der Waals surface area (Å²) in [4.78, 5) is 24.1. The zero-order valence-electron chi connectivity index (χ0n) is 12.9. The molecule has 0 saturated heterocycles. The van der Waals surface area contributed by atoms with Crippen LogP contribution in [0.25, 0.3) is 11.3 Å². The van der Waals surface area contributed by atoms with Crippen molar-refractivity contribution >= 4 is 23.2 Å². The Morgan fingerprint density at radius 3 is 2.60 bits per heavy atom. The average molecular weight is 358 g/mol. The quantitative estimate of drug-likeness (QED) is 0.778. The third-order valence-electron chi connectivity index (χ3n) is 3.43. The normalized spacial score (nSPS) is 10.5. The van der Waals surface area contributed by atoms with Crippen molar-refractivity contribution in [2.24, 2.45) is 0 Å². The lowest BCUT2D eigenvalue weighted by atomic mass is 10.1. The van der Waals surface area contributed by atoms with Gasteiger partial charge in [0, 0.05) is 17.3 Å². The van der Waals surface area contributed by atoms with Crippen molar-refractivity contribution in [3.63, 3.8) is 0 Å². The van der Waals surface area contributed by atoms with Crippen LogP contribution in [-0.2, 0) is 11.3 Å². The molecule has 2 aromatic carbocycles. The van der Waals surface area contributed by atoms with Crippen LogP contribution in [0.3, 0.4) is 0 Å². The van der Waals surface area contributed by atoms with E-state index in [-0.39, 0.29) is 11.6 Å². The number of carbonyl (C=O) groups excluding carboxylic acids is 1. The van der Waals surface area contributed by atoms with Crippen molar-refractivity contribution in [1.82, 2.24) is 9.78 Å². The van der Waals surface area contributed by atoms with Crippen LogP contribution in [0.4, 0.5) is 10.1 Å². The molecule has 5 nitrogen and oxygen atoms in total. The standard InChI is InChI=1S/C18H13ClFN3O2/c19-14-10-13(6-7-15(14)20)21-17(24)11-23-18(25)9-8-16(22-23)12-4-2-1-3-5-12/h1-10H,11H2,(H,21,24). The molecule has 0 fully saturated rings. The molecule has 3 rings (SSSR count). The molecule has 1 N–H and O–H groups in total. The fourth-order valence-corrected chi connectivity index (χ4v) is 2.42. The van der Waals surface area contributed by atoms with Gasteiger partial charge in [-0.05, 0) is 24.3 Å². The Bertz CT molecular complexity index is 974. The van der Waals surface area contributed by atoms with E-state index in [0.717, 1.165) is 16.3 Å². The number of amides is 1. The van der Waals surface area contributed by atoms with Gasteiger partial charge >= 0.3 is 0 Å². The molecular formula is C18H13ClFN3O2. The predicted octanol–water partition coefficient (Wildman–Crippen LogP) is 3.34. The summed E-state index contributed by atoms with van der Waals surface area (Å²) in [5.74, 6) is -1.05. The number of hydrogen-bond donors (Lipinski definition) is 1. The second-order valence-electron chi connectivity index (χ2n) is 5.26. The van der Waals surface area contributed by atoms with Gasteiger partial charge in [0.25, 0.3) is 5.56 Å². The Balaban J connectivity index is 1.79. The van der Waals surface area contributed by atoms with Gasteiger partial charge in [-0.2, -0.15) is 5.10 Å². The maximum atomic E-state index is 13.1. The molecule has 1 heterocycles. The van der Waals surface area contributed by atoms with Crippen LogP contribution >= 0.6 is 11.6 Å². The van der Waals surface area contributed by atoms with E-state index < -0.39 is 17.3 Å². The topological polar surface area (TPSA) is 64.0 Å². The van der Waals surface area contributed by atoms with Gasteiger partial charge in [-0.25, -0.2) is 9.07 Å². The molecule has 1 aromatic heterocycles. The first kappa shape index (κ1) is 16.9. The Kier molecular flexibility index (Phi) is 4.90. The number of benzene rings is 2. The van der Waals surface area contributed by atoms with E-state index in [1.807, 2.05) is 30.3 Å². The van der Waals surface area contributed by atoms with Crippen LogP contribution in [0.1, 0.15) is 0 Å². The van der Waals surface area contributed by atoms with E-state index in [0.29, 0.717) is 11.4 Å². The second kappa shape index (κ2) is 7.27. The van der Waals surface area contributed by atoms with E-state index >= 15 is 0 Å². The summed E-state index contributed by atoms with van der Waals surface area (Å²) in [5.41, 5.74) is 1.36. The van der Waals surface area contributed by atoms with Crippen LogP contribution in [0.2, 0.25) is 5.02 Å². The maximum Gasteiger partial charge on any atom is 0.267 e. The molecular weight excluding hydrogens is 345 g/mol. The molecule has 7 heteroatoms. The zero-order valence-corrected chi connectivity index (χ0v) is 13.7. The molecule has 0 aliphatic rings. The fraction of sp³-hybridized carbons (Fsp3) is 0.0556. The number of carbonyl (C=O) groups is 1. The highest BCUT2D eigenvalue weighted by atomic mass is 35.5. The van der Waals surface area contributed by atoms with Crippen LogP contribution < -0.4 is 10.9 Å². The summed E-state index contributed by atoms with van der Waals surface area (Å²) < 4.78 is 14.2. The lowest BCUT2D eigenvalue weighted by Crippen LogP contribution is -2.29. The van der Waals surface area contributed by atoms with Crippen LogP contribution in [0.15, 0.2) is 65.5 Å². The lowest BCUT2D eigenvalue weighted by molar-refractivity contribution is -0.117. The minimum atomic E-state index is -0.576. The van der Waals surface area contributed by atoms with Gasteiger partial charge in [0.2, 0.25) is 5.91 Å². The van der Waals surface area contributed by atoms with E-state index in [9.17, 15) is 14.0 Å². The number of hydrogen-bond acceptors (Lipinski definition) is 3. The van der Waals surface area contributed by atoms with Gasteiger partial charge in [0.1, 0.15) is 12.4 Å².